The number of Topliss-reactive ketones (excluding diaryl/α,β-unsaturated/α-hetero) is 1. The third kappa shape index (κ3) is 1.45. The Morgan fingerprint density at radius 3 is 2.73 bits per heavy atom. The van der Waals surface area contributed by atoms with Crippen molar-refractivity contribution in [1.29, 1.82) is 0 Å². The summed E-state index contributed by atoms with van der Waals surface area (Å²) < 4.78 is 5.21. The third-order valence-electron chi connectivity index (χ3n) is 2.71. The molecular formula is C9H16O2. The summed E-state index contributed by atoms with van der Waals surface area (Å²) in [6, 6.07) is 0. The summed E-state index contributed by atoms with van der Waals surface area (Å²) in [4.78, 5) is 11.6. The molecule has 2 heteroatoms. The number of methoxy groups -OCH3 is 1. The Bertz CT molecular complexity index is 165. The van der Waals surface area contributed by atoms with Crippen LogP contribution in [0.3, 0.4) is 0 Å². The van der Waals surface area contributed by atoms with Crippen molar-refractivity contribution in [2.45, 2.75) is 38.7 Å². The second-order valence-electron chi connectivity index (χ2n) is 3.59. The minimum Gasteiger partial charge on any atom is -0.371 e. The minimum absolute atomic E-state index is 0.189. The first-order valence-corrected chi connectivity index (χ1v) is 4.19. The molecular weight excluding hydrogens is 140 g/mol. The quantitative estimate of drug-likeness (QED) is 0.578. The molecule has 1 saturated carbocycles. The summed E-state index contributed by atoms with van der Waals surface area (Å²) in [5, 5.41) is 0. The van der Waals surface area contributed by atoms with Crippen LogP contribution in [0.4, 0.5) is 0 Å². The van der Waals surface area contributed by atoms with Crippen molar-refractivity contribution in [2.24, 2.45) is 5.92 Å². The van der Waals surface area contributed by atoms with Crippen LogP contribution in [0.2, 0.25) is 0 Å². The van der Waals surface area contributed by atoms with Crippen LogP contribution in [-0.4, -0.2) is 18.5 Å². The highest BCUT2D eigenvalue weighted by Crippen LogP contribution is 2.30. The molecule has 2 unspecified atom stereocenters. The van der Waals surface area contributed by atoms with Crippen LogP contribution in [0.1, 0.15) is 33.1 Å². The summed E-state index contributed by atoms with van der Waals surface area (Å²) in [7, 11) is 1.62. The van der Waals surface area contributed by atoms with Gasteiger partial charge in [0.15, 0.2) is 5.78 Å². The molecule has 0 aromatic carbocycles. The Kier molecular flexibility index (Phi) is 2.33. The molecule has 0 spiro atoms. The Labute approximate surface area is 67.9 Å². The van der Waals surface area contributed by atoms with E-state index in [1.165, 1.54) is 0 Å². The van der Waals surface area contributed by atoms with Crippen molar-refractivity contribution in [3.63, 3.8) is 0 Å². The first-order chi connectivity index (χ1) is 5.10. The third-order valence-corrected chi connectivity index (χ3v) is 2.71. The Morgan fingerprint density at radius 1 is 1.64 bits per heavy atom. The van der Waals surface area contributed by atoms with Crippen LogP contribution in [0, 0.1) is 5.92 Å². The average molecular weight is 156 g/mol. The van der Waals surface area contributed by atoms with E-state index in [1.807, 2.05) is 13.8 Å². The predicted molar refractivity (Wildman–Crippen MR) is 43.4 cm³/mol. The highest BCUT2D eigenvalue weighted by atomic mass is 16.5. The molecule has 0 aromatic rings. The van der Waals surface area contributed by atoms with E-state index < -0.39 is 5.60 Å². The number of rotatable bonds is 1. The van der Waals surface area contributed by atoms with Gasteiger partial charge in [-0.3, -0.25) is 4.79 Å². The lowest BCUT2D eigenvalue weighted by Gasteiger charge is -2.33. The molecule has 0 aliphatic heterocycles. The fourth-order valence-electron chi connectivity index (χ4n) is 1.72. The molecule has 0 heterocycles. The van der Waals surface area contributed by atoms with Crippen molar-refractivity contribution in [3.05, 3.63) is 0 Å². The maximum absolute atomic E-state index is 11.6. The van der Waals surface area contributed by atoms with Gasteiger partial charge < -0.3 is 4.74 Å². The van der Waals surface area contributed by atoms with Crippen LogP contribution < -0.4 is 0 Å². The summed E-state index contributed by atoms with van der Waals surface area (Å²) in [5.41, 5.74) is -0.488. The van der Waals surface area contributed by atoms with Gasteiger partial charge in [-0.2, -0.15) is 0 Å². The van der Waals surface area contributed by atoms with E-state index in [-0.39, 0.29) is 11.7 Å². The van der Waals surface area contributed by atoms with Crippen molar-refractivity contribution in [3.8, 4) is 0 Å². The SMILES string of the molecule is COC1(C)CCCC(C)C1=O. The number of hydrogen-bond acceptors (Lipinski definition) is 2. The highest BCUT2D eigenvalue weighted by Gasteiger charge is 2.38. The van der Waals surface area contributed by atoms with Gasteiger partial charge in [-0.05, 0) is 26.2 Å². The molecule has 0 N–H and O–H groups in total. The molecule has 11 heavy (non-hydrogen) atoms. The molecule has 1 fully saturated rings. The fraction of sp³-hybridized carbons (Fsp3) is 0.889. The zero-order valence-corrected chi connectivity index (χ0v) is 7.52. The van der Waals surface area contributed by atoms with Gasteiger partial charge in [-0.25, -0.2) is 0 Å². The molecule has 0 amide bonds. The molecule has 0 radical (unpaired) electrons. The number of carbonyl (C=O) groups excluding carboxylic acids is 1. The largest absolute Gasteiger partial charge is 0.371 e. The van der Waals surface area contributed by atoms with E-state index in [9.17, 15) is 4.79 Å². The van der Waals surface area contributed by atoms with E-state index in [0.29, 0.717) is 0 Å². The van der Waals surface area contributed by atoms with Crippen molar-refractivity contribution < 1.29 is 9.53 Å². The van der Waals surface area contributed by atoms with Gasteiger partial charge in [-0.15, -0.1) is 0 Å². The number of ketones is 1. The zero-order valence-electron chi connectivity index (χ0n) is 7.52. The summed E-state index contributed by atoms with van der Waals surface area (Å²) in [5.74, 6) is 0.458. The molecule has 0 saturated heterocycles. The Morgan fingerprint density at radius 2 is 2.27 bits per heavy atom. The fourth-order valence-corrected chi connectivity index (χ4v) is 1.72. The predicted octanol–water partition coefficient (Wildman–Crippen LogP) is 1.78. The van der Waals surface area contributed by atoms with Gasteiger partial charge in [0.1, 0.15) is 5.60 Å². The van der Waals surface area contributed by atoms with Gasteiger partial charge in [-0.1, -0.05) is 6.92 Å². The van der Waals surface area contributed by atoms with Crippen LogP contribution in [0.15, 0.2) is 0 Å². The zero-order chi connectivity index (χ0) is 8.48. The molecule has 1 aliphatic carbocycles. The lowest BCUT2D eigenvalue weighted by Crippen LogP contribution is -2.44. The maximum Gasteiger partial charge on any atom is 0.167 e. The van der Waals surface area contributed by atoms with E-state index in [4.69, 9.17) is 4.74 Å². The molecule has 64 valence electrons. The van der Waals surface area contributed by atoms with Crippen molar-refractivity contribution in [2.75, 3.05) is 7.11 Å². The van der Waals surface area contributed by atoms with E-state index in [0.717, 1.165) is 19.3 Å². The van der Waals surface area contributed by atoms with E-state index in [1.54, 1.807) is 7.11 Å². The molecule has 2 atom stereocenters. The second kappa shape index (κ2) is 2.94. The molecule has 0 aromatic heterocycles. The highest BCUT2D eigenvalue weighted by molar-refractivity contribution is 5.89. The molecule has 2 nitrogen and oxygen atoms in total. The van der Waals surface area contributed by atoms with Gasteiger partial charge in [0.2, 0.25) is 0 Å². The topological polar surface area (TPSA) is 26.3 Å². The van der Waals surface area contributed by atoms with E-state index >= 15 is 0 Å². The van der Waals surface area contributed by atoms with E-state index in [2.05, 4.69) is 0 Å². The maximum atomic E-state index is 11.6. The van der Waals surface area contributed by atoms with Crippen molar-refractivity contribution >= 4 is 5.78 Å². The average Bonchev–Trinajstić information content (AvgIpc) is 2.00. The monoisotopic (exact) mass is 156 g/mol. The number of carbonyl (C=O) groups is 1. The smallest absolute Gasteiger partial charge is 0.167 e. The summed E-state index contributed by atoms with van der Waals surface area (Å²) >= 11 is 0. The number of ether oxygens (including phenoxy) is 1. The van der Waals surface area contributed by atoms with Crippen LogP contribution in [0.25, 0.3) is 0 Å². The van der Waals surface area contributed by atoms with Gasteiger partial charge >= 0.3 is 0 Å². The molecule has 0 bridgehead atoms. The minimum atomic E-state index is -0.488. The van der Waals surface area contributed by atoms with Crippen LogP contribution in [0.5, 0.6) is 0 Å². The summed E-state index contributed by atoms with van der Waals surface area (Å²) in [6.07, 6.45) is 3.02. The molecule has 1 rings (SSSR count). The van der Waals surface area contributed by atoms with Crippen LogP contribution in [-0.2, 0) is 9.53 Å². The van der Waals surface area contributed by atoms with Crippen LogP contribution >= 0.6 is 0 Å². The first kappa shape index (κ1) is 8.72. The van der Waals surface area contributed by atoms with Gasteiger partial charge in [0, 0.05) is 13.0 Å². The second-order valence-corrected chi connectivity index (χ2v) is 3.59. The van der Waals surface area contributed by atoms with Gasteiger partial charge in [0.05, 0.1) is 0 Å². The number of hydrogen-bond donors (Lipinski definition) is 0. The first-order valence-electron chi connectivity index (χ1n) is 4.19. The molecule has 1 aliphatic rings. The van der Waals surface area contributed by atoms with Gasteiger partial charge in [0.25, 0.3) is 0 Å². The lowest BCUT2D eigenvalue weighted by atomic mass is 9.79. The standard InChI is InChI=1S/C9H16O2/c1-7-5-4-6-9(2,11-3)8(7)10/h7H,4-6H2,1-3H3. The van der Waals surface area contributed by atoms with Crippen molar-refractivity contribution in [1.82, 2.24) is 0 Å². The Hall–Kier alpha value is -0.370. The lowest BCUT2D eigenvalue weighted by molar-refractivity contribution is -0.147. The Balaban J connectivity index is 2.72. The summed E-state index contributed by atoms with van der Waals surface area (Å²) in [6.45, 7) is 3.88. The normalized spacial score (nSPS) is 39.2.